The van der Waals surface area contributed by atoms with E-state index in [1.54, 1.807) is 0 Å². The number of hydrogen-bond acceptors (Lipinski definition) is 6. The summed E-state index contributed by atoms with van der Waals surface area (Å²) < 4.78 is 0. The van der Waals surface area contributed by atoms with Crippen molar-refractivity contribution in [2.75, 3.05) is 0 Å². The van der Waals surface area contributed by atoms with Gasteiger partial charge in [0.15, 0.2) is 34.9 Å². The van der Waals surface area contributed by atoms with Crippen molar-refractivity contribution in [2.24, 2.45) is 0 Å². The normalized spacial score (nSPS) is 11.1. The Labute approximate surface area is 418 Å². The first-order valence-electron chi connectivity index (χ1n) is 24.0. The zero-order valence-corrected chi connectivity index (χ0v) is 39.1. The number of benzene rings is 10. The molecule has 0 amide bonds. The summed E-state index contributed by atoms with van der Waals surface area (Å²) in [6.07, 6.45) is 0. The predicted octanol–water partition coefficient (Wildman–Crippen LogP) is 16.4. The lowest BCUT2D eigenvalue weighted by atomic mass is 9.95. The molecule has 0 saturated carbocycles. The number of aromatic nitrogens is 6. The van der Waals surface area contributed by atoms with E-state index in [4.69, 9.17) is 29.9 Å². The SMILES string of the molecule is c1ccc(-c2nc(-c3ccccc3)nc(-c3cccc(-c4cccc(-c5cccc(-c6cccc(-c7nc(-c8ccccc8-c8ccccc8)nc(-c8ccccc8-c8ccccc8)n7)c6)c5)c4)c3)n2)cc1. The van der Waals surface area contributed by atoms with Gasteiger partial charge < -0.3 is 0 Å². The highest BCUT2D eigenvalue weighted by Gasteiger charge is 2.19. The molecule has 0 aliphatic carbocycles. The molecule has 12 rings (SSSR count). The second-order valence-electron chi connectivity index (χ2n) is 17.5. The summed E-state index contributed by atoms with van der Waals surface area (Å²) in [5, 5.41) is 0. The predicted molar refractivity (Wildman–Crippen MR) is 293 cm³/mol. The van der Waals surface area contributed by atoms with Crippen LogP contribution in [0.5, 0.6) is 0 Å². The van der Waals surface area contributed by atoms with E-state index in [1.165, 1.54) is 0 Å². The first-order valence-corrected chi connectivity index (χ1v) is 24.0. The van der Waals surface area contributed by atoms with Crippen molar-refractivity contribution >= 4 is 0 Å². The molecular formula is C66H44N6. The van der Waals surface area contributed by atoms with E-state index in [-0.39, 0.29) is 0 Å². The van der Waals surface area contributed by atoms with Crippen molar-refractivity contribution in [3.63, 3.8) is 0 Å². The third-order valence-corrected chi connectivity index (χ3v) is 12.8. The van der Waals surface area contributed by atoms with E-state index < -0.39 is 0 Å². The fraction of sp³-hybridized carbons (Fsp3) is 0. The van der Waals surface area contributed by atoms with Crippen molar-refractivity contribution in [2.45, 2.75) is 0 Å². The maximum absolute atomic E-state index is 5.25. The minimum atomic E-state index is 0.596. The Hall–Kier alpha value is -9.78. The molecule has 0 unspecified atom stereocenters. The van der Waals surface area contributed by atoms with Crippen LogP contribution in [-0.2, 0) is 0 Å². The van der Waals surface area contributed by atoms with Crippen LogP contribution in [-0.4, -0.2) is 29.9 Å². The Morgan fingerprint density at radius 1 is 0.139 bits per heavy atom. The summed E-state index contributed by atoms with van der Waals surface area (Å²) >= 11 is 0. The van der Waals surface area contributed by atoms with Crippen LogP contribution in [0.25, 0.3) is 124 Å². The van der Waals surface area contributed by atoms with Crippen LogP contribution in [0.4, 0.5) is 0 Å². The van der Waals surface area contributed by atoms with E-state index in [1.807, 2.05) is 84.9 Å². The first kappa shape index (κ1) is 43.5. The Morgan fingerprint density at radius 2 is 0.347 bits per heavy atom. The topological polar surface area (TPSA) is 77.3 Å². The van der Waals surface area contributed by atoms with E-state index in [2.05, 4.69) is 182 Å². The Bertz CT molecular complexity index is 3700. The molecule has 0 aliphatic heterocycles. The van der Waals surface area contributed by atoms with Crippen LogP contribution in [0.1, 0.15) is 0 Å². The molecule has 72 heavy (non-hydrogen) atoms. The molecule has 0 atom stereocenters. The van der Waals surface area contributed by atoms with Gasteiger partial charge in [-0.3, -0.25) is 0 Å². The fourth-order valence-electron chi connectivity index (χ4n) is 9.21. The fourth-order valence-corrected chi connectivity index (χ4v) is 9.21. The van der Waals surface area contributed by atoms with Crippen LogP contribution in [0.15, 0.2) is 267 Å². The maximum Gasteiger partial charge on any atom is 0.164 e. The molecule has 6 nitrogen and oxygen atoms in total. The van der Waals surface area contributed by atoms with Crippen LogP contribution >= 0.6 is 0 Å². The zero-order chi connectivity index (χ0) is 48.1. The van der Waals surface area contributed by atoms with Crippen LogP contribution in [0, 0.1) is 0 Å². The average molecular weight is 921 g/mol. The maximum atomic E-state index is 5.25. The molecule has 6 heteroatoms. The molecule has 0 saturated heterocycles. The summed E-state index contributed by atoms with van der Waals surface area (Å²) in [4.78, 5) is 30.6. The highest BCUT2D eigenvalue weighted by Crippen LogP contribution is 2.37. The summed E-state index contributed by atoms with van der Waals surface area (Å²) in [7, 11) is 0. The van der Waals surface area contributed by atoms with Crippen molar-refractivity contribution < 1.29 is 0 Å². The van der Waals surface area contributed by atoms with Crippen LogP contribution in [0.2, 0.25) is 0 Å². The second-order valence-corrected chi connectivity index (χ2v) is 17.5. The van der Waals surface area contributed by atoms with Crippen LogP contribution in [0.3, 0.4) is 0 Å². The highest BCUT2D eigenvalue weighted by molar-refractivity contribution is 5.86. The first-order chi connectivity index (χ1) is 35.7. The molecule has 0 fully saturated rings. The van der Waals surface area contributed by atoms with Gasteiger partial charge in [-0.25, -0.2) is 29.9 Å². The Morgan fingerprint density at radius 3 is 0.681 bits per heavy atom. The van der Waals surface area contributed by atoms with E-state index in [0.717, 1.165) is 89.0 Å². The van der Waals surface area contributed by atoms with E-state index in [0.29, 0.717) is 34.9 Å². The van der Waals surface area contributed by atoms with Gasteiger partial charge in [-0.15, -0.1) is 0 Å². The van der Waals surface area contributed by atoms with Gasteiger partial charge in [0, 0.05) is 33.4 Å². The molecule has 0 radical (unpaired) electrons. The Balaban J connectivity index is 0.899. The third kappa shape index (κ3) is 9.11. The lowest BCUT2D eigenvalue weighted by Gasteiger charge is -2.14. The molecule has 0 bridgehead atoms. The largest absolute Gasteiger partial charge is 0.208 e. The van der Waals surface area contributed by atoms with Crippen molar-refractivity contribution in [1.29, 1.82) is 0 Å². The quantitative estimate of drug-likeness (QED) is 0.129. The summed E-state index contributed by atoms with van der Waals surface area (Å²) in [6, 6.07) is 92.0. The summed E-state index contributed by atoms with van der Waals surface area (Å²) in [6.45, 7) is 0. The van der Waals surface area contributed by atoms with Gasteiger partial charge in [0.1, 0.15) is 0 Å². The van der Waals surface area contributed by atoms with Gasteiger partial charge in [0.05, 0.1) is 0 Å². The van der Waals surface area contributed by atoms with Gasteiger partial charge in [0.2, 0.25) is 0 Å². The minimum absolute atomic E-state index is 0.596. The van der Waals surface area contributed by atoms with Crippen molar-refractivity contribution in [3.8, 4) is 124 Å². The average Bonchev–Trinajstić information content (AvgIpc) is 3.48. The summed E-state index contributed by atoms with van der Waals surface area (Å²) in [5.41, 5.74) is 16.3. The molecule has 0 spiro atoms. The monoisotopic (exact) mass is 920 g/mol. The van der Waals surface area contributed by atoms with Crippen molar-refractivity contribution in [3.05, 3.63) is 267 Å². The third-order valence-electron chi connectivity index (χ3n) is 12.8. The number of hydrogen-bond donors (Lipinski definition) is 0. The van der Waals surface area contributed by atoms with Gasteiger partial charge in [-0.2, -0.15) is 0 Å². The molecule has 338 valence electrons. The summed E-state index contributed by atoms with van der Waals surface area (Å²) in [5.74, 6) is 3.70. The minimum Gasteiger partial charge on any atom is -0.208 e. The van der Waals surface area contributed by atoms with Gasteiger partial charge in [-0.05, 0) is 79.9 Å². The van der Waals surface area contributed by atoms with Gasteiger partial charge in [-0.1, -0.05) is 243 Å². The molecule has 2 aromatic heterocycles. The molecule has 0 aliphatic rings. The molecule has 12 aromatic rings. The van der Waals surface area contributed by atoms with E-state index >= 15 is 0 Å². The molecule has 0 N–H and O–H groups in total. The second kappa shape index (κ2) is 19.7. The lowest BCUT2D eigenvalue weighted by molar-refractivity contribution is 1.07. The number of nitrogens with zero attached hydrogens (tertiary/aromatic N) is 6. The van der Waals surface area contributed by atoms with Crippen LogP contribution < -0.4 is 0 Å². The van der Waals surface area contributed by atoms with Gasteiger partial charge >= 0.3 is 0 Å². The smallest absolute Gasteiger partial charge is 0.164 e. The van der Waals surface area contributed by atoms with E-state index in [9.17, 15) is 0 Å². The zero-order valence-electron chi connectivity index (χ0n) is 39.1. The number of rotatable bonds is 11. The van der Waals surface area contributed by atoms with Crippen molar-refractivity contribution in [1.82, 2.24) is 29.9 Å². The molecular weight excluding hydrogens is 877 g/mol. The Kier molecular flexibility index (Phi) is 11.9. The highest BCUT2D eigenvalue weighted by atomic mass is 15.0. The molecule has 10 aromatic carbocycles. The molecule has 2 heterocycles. The van der Waals surface area contributed by atoms with Gasteiger partial charge in [0.25, 0.3) is 0 Å². The standard InChI is InChI=1S/C66H44N6/c1-5-21-45(22-6-1)57-37-13-15-39-59(57)65-70-64(71-66(72-65)60-40-16-14-38-58(60)46-23-7-2-8-24-46)56-36-20-34-54(44-56)52-32-18-30-50(42-52)49-29-17-31-51(41-49)53-33-19-35-55(43-53)63-68-61(47-25-9-3-10-26-47)67-62(69-63)48-27-11-4-12-28-48/h1-44H. The lowest BCUT2D eigenvalue weighted by Crippen LogP contribution is -2.02.